The third-order valence-electron chi connectivity index (χ3n) is 3.71. The molecule has 2 saturated heterocycles. The maximum atomic E-state index is 12.3. The van der Waals surface area contributed by atoms with Crippen molar-refractivity contribution in [2.24, 2.45) is 0 Å². The summed E-state index contributed by atoms with van der Waals surface area (Å²) in [5.74, 6) is -0.298. The van der Waals surface area contributed by atoms with Crippen LogP contribution in [0, 0.1) is 0 Å². The number of nitrogens with zero attached hydrogens (tertiary/aromatic N) is 3. The zero-order valence-electron chi connectivity index (χ0n) is 11.9. The van der Waals surface area contributed by atoms with Gasteiger partial charge in [-0.2, -0.15) is 0 Å². The van der Waals surface area contributed by atoms with E-state index in [1.807, 2.05) is 35.2 Å². The average molecular weight is 289 g/mol. The molecular formula is C15H19N3O3. The Labute approximate surface area is 123 Å². The second-order valence-electron chi connectivity index (χ2n) is 5.30. The molecule has 0 aromatic heterocycles. The van der Waals surface area contributed by atoms with E-state index < -0.39 is 0 Å². The third kappa shape index (κ3) is 3.29. The van der Waals surface area contributed by atoms with Crippen LogP contribution < -0.4 is 0 Å². The highest BCUT2D eigenvalue weighted by Gasteiger charge is 2.35. The predicted octanol–water partition coefficient (Wildman–Crippen LogP) is 0.105. The number of imide groups is 1. The fourth-order valence-electron chi connectivity index (χ4n) is 2.73. The normalized spacial score (nSPS) is 21.8. The number of benzene rings is 1. The van der Waals surface area contributed by atoms with E-state index in [0.29, 0.717) is 32.8 Å². The number of morpholine rings is 1. The Morgan fingerprint density at radius 3 is 2.19 bits per heavy atom. The molecule has 0 aliphatic carbocycles. The van der Waals surface area contributed by atoms with Crippen LogP contribution in [-0.4, -0.2) is 66.1 Å². The number of amides is 2. The predicted molar refractivity (Wildman–Crippen MR) is 76.0 cm³/mol. The Morgan fingerprint density at radius 2 is 1.57 bits per heavy atom. The van der Waals surface area contributed by atoms with Crippen molar-refractivity contribution in [3.8, 4) is 0 Å². The highest BCUT2D eigenvalue weighted by Crippen LogP contribution is 2.13. The first kappa shape index (κ1) is 14.2. The van der Waals surface area contributed by atoms with Crippen LogP contribution >= 0.6 is 0 Å². The molecule has 0 N–H and O–H groups in total. The molecular weight excluding hydrogens is 270 g/mol. The van der Waals surface area contributed by atoms with Gasteiger partial charge in [-0.15, -0.1) is 0 Å². The summed E-state index contributed by atoms with van der Waals surface area (Å²) in [4.78, 5) is 26.5. The Balaban J connectivity index is 1.64. The van der Waals surface area contributed by atoms with Crippen molar-refractivity contribution in [3.05, 3.63) is 35.9 Å². The number of hydrogen-bond donors (Lipinski definition) is 0. The molecule has 1 aromatic rings. The van der Waals surface area contributed by atoms with Crippen LogP contribution in [0.25, 0.3) is 0 Å². The van der Waals surface area contributed by atoms with Gasteiger partial charge in [0.05, 0.1) is 26.3 Å². The largest absolute Gasteiger partial charge is 0.379 e. The van der Waals surface area contributed by atoms with E-state index in [2.05, 4.69) is 0 Å². The van der Waals surface area contributed by atoms with Gasteiger partial charge in [0.1, 0.15) is 0 Å². The van der Waals surface area contributed by atoms with Gasteiger partial charge in [0.15, 0.2) is 0 Å². The second kappa shape index (κ2) is 6.34. The van der Waals surface area contributed by atoms with E-state index in [0.717, 1.165) is 5.56 Å². The van der Waals surface area contributed by atoms with E-state index in [1.54, 1.807) is 5.01 Å². The van der Waals surface area contributed by atoms with Crippen LogP contribution in [0.4, 0.5) is 0 Å². The summed E-state index contributed by atoms with van der Waals surface area (Å²) in [5.41, 5.74) is 1.11. The summed E-state index contributed by atoms with van der Waals surface area (Å²) in [7, 11) is 0. The summed E-state index contributed by atoms with van der Waals surface area (Å²) in [6.07, 6.45) is 0. The van der Waals surface area contributed by atoms with Gasteiger partial charge < -0.3 is 4.74 Å². The van der Waals surface area contributed by atoms with Crippen LogP contribution in [-0.2, 0) is 20.9 Å². The second-order valence-corrected chi connectivity index (χ2v) is 5.30. The van der Waals surface area contributed by atoms with E-state index in [4.69, 9.17) is 4.74 Å². The first-order chi connectivity index (χ1) is 10.2. The lowest BCUT2D eigenvalue weighted by Gasteiger charge is -2.40. The van der Waals surface area contributed by atoms with Crippen molar-refractivity contribution in [3.63, 3.8) is 0 Å². The van der Waals surface area contributed by atoms with E-state index >= 15 is 0 Å². The Kier molecular flexibility index (Phi) is 4.28. The third-order valence-corrected chi connectivity index (χ3v) is 3.71. The van der Waals surface area contributed by atoms with Crippen LogP contribution in [0.1, 0.15) is 5.56 Å². The van der Waals surface area contributed by atoms with Crippen LogP contribution in [0.2, 0.25) is 0 Å². The molecule has 2 aliphatic rings. The van der Waals surface area contributed by atoms with E-state index in [9.17, 15) is 9.59 Å². The molecule has 0 unspecified atom stereocenters. The Morgan fingerprint density at radius 1 is 0.952 bits per heavy atom. The Bertz CT molecular complexity index is 496. The molecule has 0 saturated carbocycles. The van der Waals surface area contributed by atoms with Crippen molar-refractivity contribution in [1.82, 2.24) is 14.9 Å². The van der Waals surface area contributed by atoms with Gasteiger partial charge in [-0.05, 0) is 5.56 Å². The van der Waals surface area contributed by atoms with E-state index in [-0.39, 0.29) is 24.9 Å². The van der Waals surface area contributed by atoms with Crippen LogP contribution in [0.5, 0.6) is 0 Å². The quantitative estimate of drug-likeness (QED) is 0.739. The van der Waals surface area contributed by atoms with Gasteiger partial charge in [0.25, 0.3) is 11.8 Å². The van der Waals surface area contributed by atoms with Crippen molar-refractivity contribution in [2.45, 2.75) is 6.54 Å². The lowest BCUT2D eigenvalue weighted by Crippen LogP contribution is -2.61. The van der Waals surface area contributed by atoms with Gasteiger partial charge in [-0.25, -0.2) is 10.0 Å². The lowest BCUT2D eigenvalue weighted by atomic mass is 10.2. The number of piperazine rings is 1. The molecule has 0 spiro atoms. The highest BCUT2D eigenvalue weighted by molar-refractivity contribution is 5.98. The minimum Gasteiger partial charge on any atom is -0.379 e. The molecule has 2 aliphatic heterocycles. The number of hydrazine groups is 1. The molecule has 2 heterocycles. The molecule has 6 nitrogen and oxygen atoms in total. The number of carbonyl (C=O) groups excluding carboxylic acids is 2. The van der Waals surface area contributed by atoms with Crippen molar-refractivity contribution in [1.29, 1.82) is 0 Å². The molecule has 6 heteroatoms. The lowest BCUT2D eigenvalue weighted by molar-refractivity contribution is -0.178. The summed E-state index contributed by atoms with van der Waals surface area (Å²) in [5, 5.41) is 3.11. The maximum Gasteiger partial charge on any atom is 0.258 e. The van der Waals surface area contributed by atoms with Gasteiger partial charge in [-0.1, -0.05) is 30.3 Å². The summed E-state index contributed by atoms with van der Waals surface area (Å²) in [6.45, 7) is 3.48. The number of hydrogen-bond acceptors (Lipinski definition) is 5. The zero-order valence-corrected chi connectivity index (χ0v) is 11.9. The molecule has 1 aromatic carbocycles. The molecule has 21 heavy (non-hydrogen) atoms. The summed E-state index contributed by atoms with van der Waals surface area (Å²) in [6, 6.07) is 9.88. The average Bonchev–Trinajstić information content (AvgIpc) is 2.49. The van der Waals surface area contributed by atoms with Crippen LogP contribution in [0.15, 0.2) is 30.3 Å². The molecule has 0 bridgehead atoms. The molecule has 0 atom stereocenters. The number of rotatable bonds is 3. The smallest absolute Gasteiger partial charge is 0.258 e. The molecule has 0 radical (unpaired) electrons. The van der Waals surface area contributed by atoms with Gasteiger partial charge in [0, 0.05) is 19.6 Å². The standard InChI is InChI=1S/C15H19N3O3/c19-14-11-16(10-13-4-2-1-3-5-13)12-15(20)18(14)17-6-8-21-9-7-17/h1-5H,6-12H2. The topological polar surface area (TPSA) is 53.1 Å². The maximum absolute atomic E-state index is 12.3. The van der Waals surface area contributed by atoms with Gasteiger partial charge >= 0.3 is 0 Å². The minimum atomic E-state index is -0.149. The van der Waals surface area contributed by atoms with Gasteiger partial charge in [-0.3, -0.25) is 14.5 Å². The highest BCUT2D eigenvalue weighted by atomic mass is 16.5. The minimum absolute atomic E-state index is 0.149. The molecule has 2 fully saturated rings. The molecule has 112 valence electrons. The number of ether oxygens (including phenoxy) is 1. The van der Waals surface area contributed by atoms with Crippen LogP contribution in [0.3, 0.4) is 0 Å². The van der Waals surface area contributed by atoms with Gasteiger partial charge in [0.2, 0.25) is 0 Å². The van der Waals surface area contributed by atoms with Crippen molar-refractivity contribution >= 4 is 11.8 Å². The van der Waals surface area contributed by atoms with Crippen molar-refractivity contribution in [2.75, 3.05) is 39.4 Å². The Hall–Kier alpha value is -1.76. The van der Waals surface area contributed by atoms with E-state index in [1.165, 1.54) is 5.01 Å². The monoisotopic (exact) mass is 289 g/mol. The fourth-order valence-corrected chi connectivity index (χ4v) is 2.73. The summed E-state index contributed by atoms with van der Waals surface area (Å²) < 4.78 is 5.26. The number of carbonyl (C=O) groups is 2. The van der Waals surface area contributed by atoms with Crippen molar-refractivity contribution < 1.29 is 14.3 Å². The fraction of sp³-hybridized carbons (Fsp3) is 0.467. The zero-order chi connectivity index (χ0) is 14.7. The first-order valence-corrected chi connectivity index (χ1v) is 7.19. The molecule has 3 rings (SSSR count). The summed E-state index contributed by atoms with van der Waals surface area (Å²) >= 11 is 0. The first-order valence-electron chi connectivity index (χ1n) is 7.19. The molecule has 2 amide bonds. The SMILES string of the molecule is O=C1CN(Cc2ccccc2)CC(=O)N1N1CCOCC1.